The minimum absolute atomic E-state index is 0.127. The van der Waals surface area contributed by atoms with E-state index in [2.05, 4.69) is 41.1 Å². The molecule has 1 fully saturated rings. The minimum atomic E-state index is -0.604. The van der Waals surface area contributed by atoms with Gasteiger partial charge < -0.3 is 19.7 Å². The fraction of sp³-hybridized carbons (Fsp3) is 0.417. The van der Waals surface area contributed by atoms with Gasteiger partial charge in [0.25, 0.3) is 5.91 Å². The second kappa shape index (κ2) is 8.96. The Kier molecular flexibility index (Phi) is 5.89. The fourth-order valence-electron chi connectivity index (χ4n) is 4.26. The lowest BCUT2D eigenvalue weighted by atomic mass is 10.1. The highest BCUT2D eigenvalue weighted by molar-refractivity contribution is 7.22. The summed E-state index contributed by atoms with van der Waals surface area (Å²) in [5, 5.41) is 4.10. The molecule has 1 atom stereocenters. The van der Waals surface area contributed by atoms with Crippen LogP contribution < -0.4 is 19.7 Å². The second-order valence-corrected chi connectivity index (χ2v) is 9.42. The standard InChI is InChI=1S/C24H28N4O3S/c1-16-13-17(2)22-21(14-16)32-24(26-22)28-11-9-27(10-12-28)8-7-25-23(29)20-15-30-18-5-3-4-6-19(18)31-20/h3-6,13-14,20H,7-12,15H2,1-2H3,(H,25,29). The molecule has 0 saturated carbocycles. The normalized spacial score (nSPS) is 18.7. The number of para-hydroxylation sites is 2. The number of carbonyl (C=O) groups is 1. The molecule has 1 unspecified atom stereocenters. The topological polar surface area (TPSA) is 66.9 Å². The monoisotopic (exact) mass is 452 g/mol. The molecule has 3 heterocycles. The quantitative estimate of drug-likeness (QED) is 0.642. The van der Waals surface area contributed by atoms with Crippen molar-refractivity contribution in [1.29, 1.82) is 0 Å². The number of piperazine rings is 1. The summed E-state index contributed by atoms with van der Waals surface area (Å²) < 4.78 is 12.7. The largest absolute Gasteiger partial charge is 0.485 e. The van der Waals surface area contributed by atoms with E-state index in [1.165, 1.54) is 15.8 Å². The molecule has 5 rings (SSSR count). The molecule has 0 radical (unpaired) electrons. The summed E-state index contributed by atoms with van der Waals surface area (Å²) in [6.07, 6.45) is -0.604. The van der Waals surface area contributed by atoms with E-state index in [-0.39, 0.29) is 12.5 Å². The van der Waals surface area contributed by atoms with Crippen LogP contribution in [0.4, 0.5) is 5.13 Å². The highest BCUT2D eigenvalue weighted by Gasteiger charge is 2.27. The maximum atomic E-state index is 12.5. The van der Waals surface area contributed by atoms with Crippen LogP contribution >= 0.6 is 11.3 Å². The van der Waals surface area contributed by atoms with Crippen molar-refractivity contribution >= 4 is 32.6 Å². The molecular formula is C24H28N4O3S. The number of nitrogens with zero attached hydrogens (tertiary/aromatic N) is 3. The van der Waals surface area contributed by atoms with Crippen LogP contribution in [-0.4, -0.2) is 67.8 Å². The van der Waals surface area contributed by atoms with Gasteiger partial charge in [-0.1, -0.05) is 29.5 Å². The number of aryl methyl sites for hydroxylation is 2. The number of ether oxygens (including phenoxy) is 2. The predicted molar refractivity (Wildman–Crippen MR) is 127 cm³/mol. The third-order valence-corrected chi connectivity index (χ3v) is 7.05. The van der Waals surface area contributed by atoms with Gasteiger partial charge >= 0.3 is 0 Å². The number of aromatic nitrogens is 1. The van der Waals surface area contributed by atoms with Crippen molar-refractivity contribution < 1.29 is 14.3 Å². The van der Waals surface area contributed by atoms with E-state index >= 15 is 0 Å². The molecule has 32 heavy (non-hydrogen) atoms. The molecule has 0 spiro atoms. The lowest BCUT2D eigenvalue weighted by molar-refractivity contribution is -0.130. The SMILES string of the molecule is Cc1cc(C)c2nc(N3CCN(CCNC(=O)C4COc5ccccc5O4)CC3)sc2c1. The van der Waals surface area contributed by atoms with Gasteiger partial charge in [0.15, 0.2) is 16.6 Å². The first-order chi connectivity index (χ1) is 15.6. The number of rotatable bonds is 5. The first-order valence-corrected chi connectivity index (χ1v) is 11.9. The van der Waals surface area contributed by atoms with Crippen molar-refractivity contribution in [1.82, 2.24) is 15.2 Å². The summed E-state index contributed by atoms with van der Waals surface area (Å²) in [5.74, 6) is 1.18. The smallest absolute Gasteiger partial charge is 0.264 e. The van der Waals surface area contributed by atoms with Gasteiger partial charge in [-0.15, -0.1) is 0 Å². The summed E-state index contributed by atoms with van der Waals surface area (Å²) in [5.41, 5.74) is 3.65. The van der Waals surface area contributed by atoms with Gasteiger partial charge in [0.2, 0.25) is 6.10 Å². The first-order valence-electron chi connectivity index (χ1n) is 11.1. The Morgan fingerprint density at radius 1 is 1.16 bits per heavy atom. The maximum absolute atomic E-state index is 12.5. The number of carbonyl (C=O) groups excluding carboxylic acids is 1. The van der Waals surface area contributed by atoms with Crippen LogP contribution in [0, 0.1) is 13.8 Å². The number of anilines is 1. The van der Waals surface area contributed by atoms with Gasteiger partial charge in [-0.3, -0.25) is 9.69 Å². The number of hydrogen-bond acceptors (Lipinski definition) is 7. The fourth-order valence-corrected chi connectivity index (χ4v) is 5.45. The molecule has 3 aromatic rings. The lowest BCUT2D eigenvalue weighted by Crippen LogP contribution is -2.50. The van der Waals surface area contributed by atoms with E-state index in [4.69, 9.17) is 14.5 Å². The first kappa shape index (κ1) is 21.0. The molecule has 2 aliphatic heterocycles. The lowest BCUT2D eigenvalue weighted by Gasteiger charge is -2.34. The van der Waals surface area contributed by atoms with Gasteiger partial charge in [0.05, 0.1) is 10.2 Å². The molecule has 2 aromatic carbocycles. The van der Waals surface area contributed by atoms with Gasteiger partial charge in [0.1, 0.15) is 6.61 Å². The van der Waals surface area contributed by atoms with Crippen molar-refractivity contribution in [2.24, 2.45) is 0 Å². The number of thiazole rings is 1. The molecule has 7 nitrogen and oxygen atoms in total. The summed E-state index contributed by atoms with van der Waals surface area (Å²) >= 11 is 1.78. The molecule has 1 aromatic heterocycles. The van der Waals surface area contributed by atoms with Crippen molar-refractivity contribution in [2.75, 3.05) is 50.8 Å². The minimum Gasteiger partial charge on any atom is -0.485 e. The van der Waals surface area contributed by atoms with Crippen LogP contribution in [0.3, 0.4) is 0 Å². The van der Waals surface area contributed by atoms with Gasteiger partial charge in [-0.25, -0.2) is 4.98 Å². The van der Waals surface area contributed by atoms with Crippen molar-refractivity contribution in [3.63, 3.8) is 0 Å². The molecule has 0 bridgehead atoms. The van der Waals surface area contributed by atoms with Gasteiger partial charge in [0, 0.05) is 39.3 Å². The van der Waals surface area contributed by atoms with Gasteiger partial charge in [-0.05, 0) is 43.2 Å². The number of benzene rings is 2. The Bertz CT molecular complexity index is 1120. The van der Waals surface area contributed by atoms with E-state index in [0.29, 0.717) is 18.0 Å². The number of hydrogen-bond donors (Lipinski definition) is 1. The van der Waals surface area contributed by atoms with Crippen LogP contribution in [0.2, 0.25) is 0 Å². The molecule has 1 amide bonds. The van der Waals surface area contributed by atoms with E-state index in [0.717, 1.165) is 43.4 Å². The Morgan fingerprint density at radius 2 is 1.94 bits per heavy atom. The van der Waals surface area contributed by atoms with Crippen LogP contribution in [0.5, 0.6) is 11.5 Å². The zero-order chi connectivity index (χ0) is 22.1. The molecule has 1 N–H and O–H groups in total. The zero-order valence-corrected chi connectivity index (χ0v) is 19.3. The average molecular weight is 453 g/mol. The molecule has 8 heteroatoms. The zero-order valence-electron chi connectivity index (χ0n) is 18.5. The summed E-state index contributed by atoms with van der Waals surface area (Å²) in [7, 11) is 0. The summed E-state index contributed by atoms with van der Waals surface area (Å²) in [4.78, 5) is 22.1. The van der Waals surface area contributed by atoms with E-state index in [1.54, 1.807) is 11.3 Å². The molecule has 168 valence electrons. The Labute approximate surface area is 191 Å². The summed E-state index contributed by atoms with van der Waals surface area (Å²) in [6.45, 7) is 9.74. The molecule has 1 saturated heterocycles. The molecule has 2 aliphatic rings. The number of amides is 1. The average Bonchev–Trinajstić information content (AvgIpc) is 3.23. The highest BCUT2D eigenvalue weighted by atomic mass is 32.1. The van der Waals surface area contributed by atoms with Crippen molar-refractivity contribution in [2.45, 2.75) is 20.0 Å². The highest BCUT2D eigenvalue weighted by Crippen LogP contribution is 2.32. The van der Waals surface area contributed by atoms with Crippen LogP contribution in [0.25, 0.3) is 10.2 Å². The van der Waals surface area contributed by atoms with Crippen LogP contribution in [0.1, 0.15) is 11.1 Å². The second-order valence-electron chi connectivity index (χ2n) is 8.41. The van der Waals surface area contributed by atoms with Gasteiger partial charge in [-0.2, -0.15) is 0 Å². The van der Waals surface area contributed by atoms with Crippen molar-refractivity contribution in [3.8, 4) is 11.5 Å². The van der Waals surface area contributed by atoms with E-state index in [1.807, 2.05) is 24.3 Å². The van der Waals surface area contributed by atoms with Crippen molar-refractivity contribution in [3.05, 3.63) is 47.5 Å². The van der Waals surface area contributed by atoms with E-state index < -0.39 is 6.10 Å². The number of fused-ring (bicyclic) bond motifs is 2. The third-order valence-electron chi connectivity index (χ3n) is 5.99. The van der Waals surface area contributed by atoms with Crippen LogP contribution in [0.15, 0.2) is 36.4 Å². The Hall–Kier alpha value is -2.84. The summed E-state index contributed by atoms with van der Waals surface area (Å²) in [6, 6.07) is 11.9. The Balaban J connectivity index is 1.08. The number of nitrogens with one attached hydrogen (secondary N) is 1. The van der Waals surface area contributed by atoms with E-state index in [9.17, 15) is 4.79 Å². The predicted octanol–water partition coefficient (Wildman–Crippen LogP) is 2.99. The third kappa shape index (κ3) is 4.38. The molecule has 0 aliphatic carbocycles. The van der Waals surface area contributed by atoms with Crippen LogP contribution in [-0.2, 0) is 4.79 Å². The molecular weight excluding hydrogens is 424 g/mol. The maximum Gasteiger partial charge on any atom is 0.264 e. The Morgan fingerprint density at radius 3 is 2.75 bits per heavy atom.